The Balaban J connectivity index is 2.66. The molecule has 122 valence electrons. The molecule has 1 N–H and O–H groups in total. The molecule has 1 aromatic rings. The van der Waals surface area contributed by atoms with Crippen LogP contribution in [-0.2, 0) is 11.3 Å². The summed E-state index contributed by atoms with van der Waals surface area (Å²) in [6.07, 6.45) is -4.35. The van der Waals surface area contributed by atoms with Gasteiger partial charge in [0, 0.05) is 6.04 Å². The van der Waals surface area contributed by atoms with Gasteiger partial charge in [-0.2, -0.15) is 18.2 Å². The Morgan fingerprint density at radius 1 is 1.29 bits per heavy atom. The van der Waals surface area contributed by atoms with Crippen molar-refractivity contribution in [1.82, 2.24) is 15.5 Å². The molecule has 0 saturated heterocycles. The van der Waals surface area contributed by atoms with Crippen molar-refractivity contribution in [2.75, 3.05) is 13.2 Å². The van der Waals surface area contributed by atoms with Crippen LogP contribution in [0, 0.1) is 5.92 Å². The lowest BCUT2D eigenvalue weighted by Crippen LogP contribution is -2.34. The Hall–Kier alpha value is -1.15. The maximum atomic E-state index is 12.0. The van der Waals surface area contributed by atoms with E-state index < -0.39 is 12.8 Å². The first-order chi connectivity index (χ1) is 9.74. The number of halogens is 3. The maximum Gasteiger partial charge on any atom is 0.411 e. The Morgan fingerprint density at radius 2 is 1.95 bits per heavy atom. The van der Waals surface area contributed by atoms with Gasteiger partial charge in [0.05, 0.1) is 5.92 Å². The van der Waals surface area contributed by atoms with Crippen LogP contribution in [0.1, 0.15) is 45.3 Å². The lowest BCUT2D eigenvalue weighted by atomic mass is 9.89. The second-order valence-corrected chi connectivity index (χ2v) is 5.27. The molecular formula is C13H22F3N3O2. The lowest BCUT2D eigenvalue weighted by Gasteiger charge is -2.24. The molecule has 0 aliphatic heterocycles. The van der Waals surface area contributed by atoms with Crippen LogP contribution in [0.2, 0.25) is 0 Å². The highest BCUT2D eigenvalue weighted by atomic mass is 19.4. The van der Waals surface area contributed by atoms with Gasteiger partial charge in [0.2, 0.25) is 5.89 Å². The molecule has 0 spiro atoms. The molecule has 1 aromatic heterocycles. The third kappa shape index (κ3) is 6.01. The van der Waals surface area contributed by atoms with Gasteiger partial charge in [0.15, 0.2) is 5.82 Å². The van der Waals surface area contributed by atoms with Crippen LogP contribution in [0.4, 0.5) is 13.2 Å². The summed E-state index contributed by atoms with van der Waals surface area (Å²) in [7, 11) is 0. The summed E-state index contributed by atoms with van der Waals surface area (Å²) in [6.45, 7) is 7.24. The lowest BCUT2D eigenvalue weighted by molar-refractivity contribution is -0.177. The largest absolute Gasteiger partial charge is 0.411 e. The van der Waals surface area contributed by atoms with Gasteiger partial charge in [-0.3, -0.25) is 0 Å². The minimum atomic E-state index is -4.35. The van der Waals surface area contributed by atoms with Crippen molar-refractivity contribution in [2.45, 2.75) is 52.4 Å². The van der Waals surface area contributed by atoms with E-state index in [1.807, 2.05) is 27.7 Å². The molecule has 0 aliphatic rings. The topological polar surface area (TPSA) is 60.2 Å². The Bertz CT molecular complexity index is 421. The van der Waals surface area contributed by atoms with Crippen molar-refractivity contribution in [3.8, 4) is 0 Å². The highest BCUT2D eigenvalue weighted by Crippen LogP contribution is 2.26. The van der Waals surface area contributed by atoms with Crippen molar-refractivity contribution in [3.05, 3.63) is 11.7 Å². The molecule has 0 aromatic carbocycles. The molecule has 0 fully saturated rings. The number of alkyl halides is 3. The van der Waals surface area contributed by atoms with Crippen molar-refractivity contribution < 1.29 is 22.4 Å². The van der Waals surface area contributed by atoms with Gasteiger partial charge in [-0.25, -0.2) is 0 Å². The summed E-state index contributed by atoms with van der Waals surface area (Å²) in [5, 5.41) is 6.97. The molecule has 5 nitrogen and oxygen atoms in total. The number of nitrogens with zero attached hydrogens (tertiary/aromatic N) is 2. The first kappa shape index (κ1) is 17.9. The molecule has 8 heteroatoms. The Kier molecular flexibility index (Phi) is 6.60. The van der Waals surface area contributed by atoms with Crippen LogP contribution in [0.3, 0.4) is 0 Å². The number of rotatable bonds is 8. The minimum Gasteiger partial charge on any atom is -0.364 e. The van der Waals surface area contributed by atoms with Gasteiger partial charge in [-0.1, -0.05) is 25.9 Å². The van der Waals surface area contributed by atoms with Gasteiger partial charge in [0.25, 0.3) is 0 Å². The van der Waals surface area contributed by atoms with Crippen molar-refractivity contribution in [2.24, 2.45) is 5.92 Å². The quantitative estimate of drug-likeness (QED) is 0.800. The van der Waals surface area contributed by atoms with Crippen molar-refractivity contribution in [1.29, 1.82) is 0 Å². The van der Waals surface area contributed by atoms with Gasteiger partial charge in [-0.05, 0) is 19.4 Å². The zero-order valence-corrected chi connectivity index (χ0v) is 12.7. The van der Waals surface area contributed by atoms with E-state index in [1.54, 1.807) is 0 Å². The summed E-state index contributed by atoms with van der Waals surface area (Å²) in [4.78, 5) is 4.14. The van der Waals surface area contributed by atoms with Crippen LogP contribution in [-0.4, -0.2) is 35.5 Å². The summed E-state index contributed by atoms with van der Waals surface area (Å²) in [6, 6.07) is 0.124. The molecule has 2 atom stereocenters. The van der Waals surface area contributed by atoms with E-state index in [9.17, 15) is 13.2 Å². The van der Waals surface area contributed by atoms with Crippen LogP contribution in [0.15, 0.2) is 4.52 Å². The second-order valence-electron chi connectivity index (χ2n) is 5.27. The maximum absolute atomic E-state index is 12.0. The molecule has 0 amide bonds. The fraction of sp³-hybridized carbons (Fsp3) is 0.846. The number of ether oxygens (including phenoxy) is 1. The van der Waals surface area contributed by atoms with Gasteiger partial charge in [0.1, 0.15) is 13.2 Å². The summed E-state index contributed by atoms with van der Waals surface area (Å²) in [5.41, 5.74) is 0. The van der Waals surface area contributed by atoms with Crippen LogP contribution in [0.25, 0.3) is 0 Å². The zero-order valence-electron chi connectivity index (χ0n) is 12.7. The highest BCUT2D eigenvalue weighted by molar-refractivity contribution is 4.99. The monoisotopic (exact) mass is 309 g/mol. The predicted molar refractivity (Wildman–Crippen MR) is 70.7 cm³/mol. The molecule has 1 heterocycles. The van der Waals surface area contributed by atoms with Crippen LogP contribution < -0.4 is 5.32 Å². The van der Waals surface area contributed by atoms with Crippen molar-refractivity contribution >= 4 is 0 Å². The van der Waals surface area contributed by atoms with E-state index in [0.717, 1.165) is 6.54 Å². The van der Waals surface area contributed by atoms with Crippen LogP contribution >= 0.6 is 0 Å². The summed E-state index contributed by atoms with van der Waals surface area (Å²) in [5.74, 6) is 0.796. The van der Waals surface area contributed by atoms with Gasteiger partial charge in [-0.15, -0.1) is 0 Å². The first-order valence-electron chi connectivity index (χ1n) is 6.95. The number of aromatic nitrogens is 2. The fourth-order valence-corrected chi connectivity index (χ4v) is 2.24. The first-order valence-corrected chi connectivity index (χ1v) is 6.95. The van der Waals surface area contributed by atoms with Crippen molar-refractivity contribution in [3.63, 3.8) is 0 Å². The standard InChI is InChI=1S/C13H22F3N3O2/c1-5-17-9(4)11(8(2)3)12-18-10(19-21-12)6-20-7-13(14,15)16/h8-9,11,17H,5-7H2,1-4H3. The molecule has 21 heavy (non-hydrogen) atoms. The molecule has 0 saturated carbocycles. The summed E-state index contributed by atoms with van der Waals surface area (Å²) >= 11 is 0. The van der Waals surface area contributed by atoms with E-state index in [-0.39, 0.29) is 30.3 Å². The average molecular weight is 309 g/mol. The van der Waals surface area contributed by atoms with Gasteiger partial charge >= 0.3 is 6.18 Å². The number of nitrogens with one attached hydrogen (secondary N) is 1. The minimum absolute atomic E-state index is 0.00573. The highest BCUT2D eigenvalue weighted by Gasteiger charge is 2.29. The number of likely N-dealkylation sites (N-methyl/N-ethyl adjacent to an activating group) is 1. The molecule has 0 radical (unpaired) electrons. The third-order valence-corrected chi connectivity index (χ3v) is 3.05. The van der Waals surface area contributed by atoms with E-state index >= 15 is 0 Å². The Morgan fingerprint density at radius 3 is 2.48 bits per heavy atom. The zero-order chi connectivity index (χ0) is 16.0. The van der Waals surface area contributed by atoms with E-state index in [1.165, 1.54) is 0 Å². The molecule has 1 rings (SSSR count). The predicted octanol–water partition coefficient (Wildman–Crippen LogP) is 2.89. The SMILES string of the molecule is CCNC(C)C(c1nc(COCC(F)(F)F)no1)C(C)C. The Labute approximate surface area is 122 Å². The average Bonchev–Trinajstić information content (AvgIpc) is 2.75. The van der Waals surface area contributed by atoms with Crippen LogP contribution in [0.5, 0.6) is 0 Å². The number of hydrogen-bond donors (Lipinski definition) is 1. The molecular weight excluding hydrogens is 287 g/mol. The molecule has 2 unspecified atom stereocenters. The van der Waals surface area contributed by atoms with E-state index in [4.69, 9.17) is 4.52 Å². The smallest absolute Gasteiger partial charge is 0.364 e. The second kappa shape index (κ2) is 7.74. The molecule has 0 bridgehead atoms. The van der Waals surface area contributed by atoms with E-state index in [2.05, 4.69) is 20.2 Å². The fourth-order valence-electron chi connectivity index (χ4n) is 2.24. The summed E-state index contributed by atoms with van der Waals surface area (Å²) < 4.78 is 45.7. The molecule has 0 aliphatic carbocycles. The van der Waals surface area contributed by atoms with E-state index in [0.29, 0.717) is 5.89 Å². The number of hydrogen-bond acceptors (Lipinski definition) is 5. The third-order valence-electron chi connectivity index (χ3n) is 3.05. The van der Waals surface area contributed by atoms with Gasteiger partial charge < -0.3 is 14.6 Å². The normalized spacial score (nSPS) is 15.4.